The molecule has 2 aromatic carbocycles. The van der Waals surface area contributed by atoms with E-state index in [-0.39, 0.29) is 0 Å². The summed E-state index contributed by atoms with van der Waals surface area (Å²) in [6.07, 6.45) is 30.2. The van der Waals surface area contributed by atoms with Gasteiger partial charge in [-0.25, -0.2) is 0 Å². The van der Waals surface area contributed by atoms with Crippen molar-refractivity contribution in [2.75, 3.05) is 0 Å². The first-order valence-electron chi connectivity index (χ1n) is 17.1. The van der Waals surface area contributed by atoms with Crippen LogP contribution in [0.25, 0.3) is 0 Å². The van der Waals surface area contributed by atoms with Gasteiger partial charge >= 0.3 is 248 Å². The summed E-state index contributed by atoms with van der Waals surface area (Å²) in [5.41, 5.74) is 4.00. The fourth-order valence-electron chi connectivity index (χ4n) is 9.56. The van der Waals surface area contributed by atoms with E-state index in [1.54, 1.807) is 0 Å². The van der Waals surface area contributed by atoms with Crippen LogP contribution in [-0.2, 0) is 13.6 Å². The van der Waals surface area contributed by atoms with Crippen molar-refractivity contribution in [2.24, 2.45) is 0 Å². The summed E-state index contributed by atoms with van der Waals surface area (Å²) in [4.78, 5) is 0. The molecule has 0 aliphatic heterocycles. The maximum absolute atomic E-state index is 2.67. The Balaban J connectivity index is 1.57. The Labute approximate surface area is 247 Å². The third kappa shape index (κ3) is 6.01. The Kier molecular flexibility index (Phi) is 10.3. The molecule has 4 aliphatic carbocycles. The molecule has 0 unspecified atom stereocenters. The molecule has 0 amide bonds. The topological polar surface area (TPSA) is 0 Å². The normalized spacial score (nSPS) is 24.5. The second-order valence-corrected chi connectivity index (χ2v) is 28.6. The molecule has 0 N–H and O–H groups in total. The van der Waals surface area contributed by atoms with Crippen LogP contribution in [0.2, 0.25) is 0 Å². The van der Waals surface area contributed by atoms with Crippen molar-refractivity contribution in [3.8, 4) is 0 Å². The molecular formula is C36H56NiP2. The van der Waals surface area contributed by atoms with Gasteiger partial charge in [-0.2, -0.15) is 0 Å². The van der Waals surface area contributed by atoms with Crippen LogP contribution < -0.4 is 10.6 Å². The van der Waals surface area contributed by atoms with Crippen molar-refractivity contribution in [3.63, 3.8) is 0 Å². The van der Waals surface area contributed by atoms with Crippen molar-refractivity contribution in [3.05, 3.63) is 60.7 Å². The first-order chi connectivity index (χ1) is 19.3. The number of hydrogen-bond donors (Lipinski definition) is 0. The van der Waals surface area contributed by atoms with Gasteiger partial charge in [0.2, 0.25) is 0 Å². The summed E-state index contributed by atoms with van der Waals surface area (Å²) in [6, 6.07) is 21.3. The van der Waals surface area contributed by atoms with Crippen molar-refractivity contribution >= 4 is 22.7 Å². The van der Waals surface area contributed by atoms with Crippen LogP contribution in [0.5, 0.6) is 0 Å². The molecule has 0 spiro atoms. The Morgan fingerprint density at radius 2 is 0.615 bits per heavy atom. The maximum atomic E-state index is 2.67. The zero-order valence-electron chi connectivity index (χ0n) is 24.5. The molecule has 2 aromatic rings. The molecule has 4 saturated carbocycles. The predicted molar refractivity (Wildman–Crippen MR) is 176 cm³/mol. The van der Waals surface area contributed by atoms with Crippen LogP contribution in [-0.4, -0.2) is 22.6 Å². The molecule has 0 aromatic heterocycles. The summed E-state index contributed by atoms with van der Waals surface area (Å²) in [5.74, 6) is 0. The van der Waals surface area contributed by atoms with E-state index < -0.39 is 12.1 Å². The first kappa shape index (κ1) is 28.9. The molecule has 39 heavy (non-hydrogen) atoms. The van der Waals surface area contributed by atoms with E-state index in [2.05, 4.69) is 74.2 Å². The van der Waals surface area contributed by atoms with Crippen molar-refractivity contribution < 1.29 is 13.6 Å². The number of benzene rings is 2. The zero-order valence-corrected chi connectivity index (χ0v) is 27.5. The van der Waals surface area contributed by atoms with E-state index in [1.165, 1.54) is 128 Å². The average Bonchev–Trinajstić information content (AvgIpc) is 3.04. The molecule has 4 fully saturated rings. The second-order valence-electron chi connectivity index (χ2n) is 13.6. The fraction of sp³-hybridized carbons (Fsp3) is 0.667. The van der Waals surface area contributed by atoms with Gasteiger partial charge in [0.1, 0.15) is 0 Å². The monoisotopic (exact) mass is 608 g/mol. The van der Waals surface area contributed by atoms with Gasteiger partial charge in [-0.15, -0.1) is 0 Å². The standard InChI is InChI=1S/2C18H27P.Ni/c2*1-4-10-16(11-5-1)19(17-12-6-2-7-13-17)18-14-8-3-9-15-18;/h2*1,4-5,10-11,17-18H,2-3,6-9,12-15H2;/q;;-2/p+2. The van der Waals surface area contributed by atoms with E-state index in [0.717, 1.165) is 22.6 Å². The van der Waals surface area contributed by atoms with Gasteiger partial charge in [0, 0.05) is 0 Å². The Hall–Kier alpha value is -0.206. The third-order valence-electron chi connectivity index (χ3n) is 11.4. The average molecular weight is 609 g/mol. The van der Waals surface area contributed by atoms with Crippen LogP contribution >= 0.6 is 12.1 Å². The molecule has 0 atom stereocenters. The van der Waals surface area contributed by atoms with Gasteiger partial charge in [-0.3, -0.25) is 0 Å². The van der Waals surface area contributed by atoms with Crippen LogP contribution in [0.3, 0.4) is 0 Å². The molecule has 0 radical (unpaired) electrons. The molecule has 220 valence electrons. The van der Waals surface area contributed by atoms with Crippen molar-refractivity contribution in [1.29, 1.82) is 0 Å². The van der Waals surface area contributed by atoms with Gasteiger partial charge in [-0.05, 0) is 0 Å². The second kappa shape index (κ2) is 13.8. The summed E-state index contributed by atoms with van der Waals surface area (Å²) < 4.78 is 0. The van der Waals surface area contributed by atoms with Crippen molar-refractivity contribution in [2.45, 2.75) is 151 Å². The summed E-state index contributed by atoms with van der Waals surface area (Å²) in [5, 5.41) is 3.76. The number of hydrogen-bond acceptors (Lipinski definition) is 0. The summed E-state index contributed by atoms with van der Waals surface area (Å²) >= 11 is 2.60. The van der Waals surface area contributed by atoms with Crippen LogP contribution in [0.15, 0.2) is 60.7 Å². The van der Waals surface area contributed by atoms with Crippen LogP contribution in [0.4, 0.5) is 0 Å². The van der Waals surface area contributed by atoms with Gasteiger partial charge in [0.15, 0.2) is 0 Å². The summed E-state index contributed by atoms with van der Waals surface area (Å²) in [6.45, 7) is 0. The van der Waals surface area contributed by atoms with Gasteiger partial charge < -0.3 is 0 Å². The van der Waals surface area contributed by atoms with Gasteiger partial charge in [0.25, 0.3) is 0 Å². The van der Waals surface area contributed by atoms with E-state index in [1.807, 2.05) is 10.6 Å². The molecular weight excluding hydrogens is 553 g/mol. The predicted octanol–water partition coefficient (Wildman–Crippen LogP) is 10.4. The molecule has 0 bridgehead atoms. The van der Waals surface area contributed by atoms with E-state index >= 15 is 0 Å². The SMILES string of the molecule is c1ccc([PH]([Ni][PH](c2ccccc2)(C2CCCCC2)C2CCCCC2)(C2CCCCC2)C2CCCCC2)cc1. The summed E-state index contributed by atoms with van der Waals surface area (Å²) in [7, 11) is 0. The van der Waals surface area contributed by atoms with Gasteiger partial charge in [-0.1, -0.05) is 0 Å². The Morgan fingerprint density at radius 3 is 0.872 bits per heavy atom. The molecule has 0 saturated heterocycles. The fourth-order valence-corrected chi connectivity index (χ4v) is 43.8. The molecule has 3 heteroatoms. The third-order valence-corrected chi connectivity index (χ3v) is 36.6. The van der Waals surface area contributed by atoms with Crippen molar-refractivity contribution in [1.82, 2.24) is 0 Å². The Bertz CT molecular complexity index is 866. The Morgan fingerprint density at radius 1 is 0.359 bits per heavy atom. The first-order valence-corrected chi connectivity index (χ1v) is 24.0. The van der Waals surface area contributed by atoms with Crippen LogP contribution in [0.1, 0.15) is 128 Å². The minimum absolute atomic E-state index is 1.000. The minimum atomic E-state index is -1.86. The van der Waals surface area contributed by atoms with E-state index in [4.69, 9.17) is 0 Å². The molecule has 4 aliphatic rings. The number of rotatable bonds is 8. The quantitative estimate of drug-likeness (QED) is 0.206. The van der Waals surface area contributed by atoms with Crippen LogP contribution in [0, 0.1) is 0 Å². The molecule has 0 nitrogen and oxygen atoms in total. The molecule has 6 rings (SSSR count). The molecule has 0 heterocycles. The van der Waals surface area contributed by atoms with E-state index in [9.17, 15) is 0 Å². The zero-order chi connectivity index (χ0) is 26.4. The van der Waals surface area contributed by atoms with Gasteiger partial charge in [0.05, 0.1) is 0 Å². The van der Waals surface area contributed by atoms with E-state index in [0.29, 0.717) is 0 Å².